The molecule has 0 unspecified atom stereocenters. The van der Waals surface area contributed by atoms with Gasteiger partial charge in [-0.3, -0.25) is 9.69 Å². The van der Waals surface area contributed by atoms with Crippen LogP contribution in [-0.2, 0) is 0 Å². The van der Waals surface area contributed by atoms with Crippen LogP contribution < -0.4 is 14.8 Å². The first kappa shape index (κ1) is 19.8. The average molecular weight is 395 g/mol. The maximum Gasteiger partial charge on any atom is 0.255 e. The minimum atomic E-state index is -0.0686. The Labute approximate surface area is 173 Å². The number of hydrogen-bond acceptors (Lipinski definition) is 4. The number of benzene rings is 2. The molecule has 1 N–H and O–H groups in total. The van der Waals surface area contributed by atoms with Crippen LogP contribution >= 0.6 is 0 Å². The lowest BCUT2D eigenvalue weighted by Gasteiger charge is -2.28. The van der Waals surface area contributed by atoms with E-state index in [1.165, 1.54) is 18.4 Å². The molecule has 2 aliphatic rings. The Balaban J connectivity index is 1.51. The molecule has 0 saturated carbocycles. The fourth-order valence-electron chi connectivity index (χ4n) is 4.39. The summed E-state index contributed by atoms with van der Waals surface area (Å²) in [4.78, 5) is 15.5. The van der Waals surface area contributed by atoms with Crippen LogP contribution in [0.3, 0.4) is 0 Å². The number of nitrogens with one attached hydrogen (secondary N) is 1. The van der Waals surface area contributed by atoms with Gasteiger partial charge in [0.25, 0.3) is 5.91 Å². The molecule has 1 saturated heterocycles. The summed E-state index contributed by atoms with van der Waals surface area (Å²) < 4.78 is 11.3. The predicted octanol–water partition coefficient (Wildman–Crippen LogP) is 4.15. The molecule has 3 atom stereocenters. The van der Waals surface area contributed by atoms with Crippen molar-refractivity contribution in [2.45, 2.75) is 44.8 Å². The van der Waals surface area contributed by atoms with E-state index >= 15 is 0 Å². The molecule has 154 valence electrons. The van der Waals surface area contributed by atoms with Gasteiger partial charge in [-0.2, -0.15) is 0 Å². The zero-order valence-corrected chi connectivity index (χ0v) is 17.5. The number of para-hydroxylation sites is 1. The van der Waals surface area contributed by atoms with Crippen LogP contribution in [0.1, 0.15) is 60.1 Å². The number of carbonyl (C=O) groups excluding carboxylic acids is 1. The molecule has 0 aromatic heterocycles. The molecule has 2 heterocycles. The number of ether oxygens (including phenoxy) is 2. The molecule has 0 aliphatic carbocycles. The number of hydrogen-bond donors (Lipinski definition) is 1. The second-order valence-electron chi connectivity index (χ2n) is 8.08. The zero-order chi connectivity index (χ0) is 20.4. The van der Waals surface area contributed by atoms with Gasteiger partial charge < -0.3 is 14.8 Å². The van der Waals surface area contributed by atoms with E-state index in [2.05, 4.69) is 42.3 Å². The number of nitrogens with zero attached hydrogens (tertiary/aromatic N) is 1. The molecule has 1 fully saturated rings. The summed E-state index contributed by atoms with van der Waals surface area (Å²) in [6.45, 7) is 6.89. The van der Waals surface area contributed by atoms with Crippen molar-refractivity contribution in [3.8, 4) is 11.5 Å². The topological polar surface area (TPSA) is 50.8 Å². The van der Waals surface area contributed by atoms with Crippen molar-refractivity contribution >= 4 is 5.91 Å². The smallest absolute Gasteiger partial charge is 0.255 e. The number of methoxy groups -OCH3 is 1. The van der Waals surface area contributed by atoms with Gasteiger partial charge in [0.15, 0.2) is 0 Å². The standard InChI is InChI=1S/C24H30N2O3/c1-16-17(2)29-23-20(16)7-6-8-21(23)24(27)25-15-22(26-13-4-5-14-26)18-9-11-19(28-3)12-10-18/h6-12,16-17,22H,4-5,13-15H2,1-3H3,(H,25,27)/t16-,17+,22-/m0/s1. The van der Waals surface area contributed by atoms with Gasteiger partial charge >= 0.3 is 0 Å². The first-order valence-electron chi connectivity index (χ1n) is 10.5. The van der Waals surface area contributed by atoms with Crippen LogP contribution in [0.5, 0.6) is 11.5 Å². The van der Waals surface area contributed by atoms with E-state index in [1.54, 1.807) is 7.11 Å². The van der Waals surface area contributed by atoms with E-state index in [0.717, 1.165) is 30.2 Å². The summed E-state index contributed by atoms with van der Waals surface area (Å²) in [7, 11) is 1.68. The summed E-state index contributed by atoms with van der Waals surface area (Å²) in [6.07, 6.45) is 2.50. The van der Waals surface area contributed by atoms with E-state index in [0.29, 0.717) is 18.0 Å². The summed E-state index contributed by atoms with van der Waals surface area (Å²) >= 11 is 0. The highest BCUT2D eigenvalue weighted by Gasteiger charge is 2.31. The third-order valence-electron chi connectivity index (χ3n) is 6.33. The third kappa shape index (κ3) is 3.97. The molecule has 1 amide bonds. The molecule has 0 spiro atoms. The maximum absolute atomic E-state index is 13.0. The molecule has 2 aliphatic heterocycles. The summed E-state index contributed by atoms with van der Waals surface area (Å²) in [5.74, 6) is 1.82. The van der Waals surface area contributed by atoms with Crippen LogP contribution in [0, 0.1) is 0 Å². The Morgan fingerprint density at radius 1 is 1.17 bits per heavy atom. The second kappa shape index (κ2) is 8.46. The van der Waals surface area contributed by atoms with Gasteiger partial charge in [-0.1, -0.05) is 31.2 Å². The number of likely N-dealkylation sites (tertiary alicyclic amines) is 1. The zero-order valence-electron chi connectivity index (χ0n) is 17.5. The van der Waals surface area contributed by atoms with Crippen molar-refractivity contribution in [1.82, 2.24) is 10.2 Å². The second-order valence-corrected chi connectivity index (χ2v) is 8.08. The summed E-state index contributed by atoms with van der Waals surface area (Å²) in [5, 5.41) is 3.17. The van der Waals surface area contributed by atoms with Crippen LogP contribution in [0.25, 0.3) is 0 Å². The molecule has 29 heavy (non-hydrogen) atoms. The largest absolute Gasteiger partial charge is 0.497 e. The molecular formula is C24H30N2O3. The predicted molar refractivity (Wildman–Crippen MR) is 114 cm³/mol. The maximum atomic E-state index is 13.0. The summed E-state index contributed by atoms with van der Waals surface area (Å²) in [6, 6.07) is 14.2. The van der Waals surface area contributed by atoms with Gasteiger partial charge in [0.1, 0.15) is 17.6 Å². The van der Waals surface area contributed by atoms with E-state index in [-0.39, 0.29) is 18.1 Å². The third-order valence-corrected chi connectivity index (χ3v) is 6.33. The van der Waals surface area contributed by atoms with Crippen molar-refractivity contribution in [3.63, 3.8) is 0 Å². The lowest BCUT2D eigenvalue weighted by molar-refractivity contribution is 0.0933. The number of fused-ring (bicyclic) bond motifs is 1. The van der Waals surface area contributed by atoms with Crippen molar-refractivity contribution in [3.05, 3.63) is 59.2 Å². The van der Waals surface area contributed by atoms with Crippen LogP contribution in [-0.4, -0.2) is 43.7 Å². The minimum absolute atomic E-state index is 0.0686. The van der Waals surface area contributed by atoms with Gasteiger partial charge in [-0.15, -0.1) is 0 Å². The molecule has 0 bridgehead atoms. The quantitative estimate of drug-likeness (QED) is 0.800. The van der Waals surface area contributed by atoms with Crippen molar-refractivity contribution in [2.75, 3.05) is 26.7 Å². The molecular weight excluding hydrogens is 364 g/mol. The Bertz CT molecular complexity index is 859. The van der Waals surface area contributed by atoms with E-state index < -0.39 is 0 Å². The molecule has 5 nitrogen and oxygen atoms in total. The van der Waals surface area contributed by atoms with E-state index in [1.807, 2.05) is 24.3 Å². The van der Waals surface area contributed by atoms with E-state index in [9.17, 15) is 4.79 Å². The molecule has 5 heteroatoms. The lowest BCUT2D eigenvalue weighted by atomic mass is 9.96. The van der Waals surface area contributed by atoms with Crippen LogP contribution in [0.4, 0.5) is 0 Å². The number of carbonyl (C=O) groups is 1. The first-order chi connectivity index (χ1) is 14.1. The monoisotopic (exact) mass is 394 g/mol. The van der Waals surface area contributed by atoms with Gasteiger partial charge in [0.05, 0.1) is 18.7 Å². The number of amides is 1. The Morgan fingerprint density at radius 3 is 2.59 bits per heavy atom. The highest BCUT2D eigenvalue weighted by molar-refractivity contribution is 5.97. The Kier molecular flexibility index (Phi) is 5.76. The van der Waals surface area contributed by atoms with Gasteiger partial charge in [0.2, 0.25) is 0 Å². The highest BCUT2D eigenvalue weighted by atomic mass is 16.5. The molecule has 0 radical (unpaired) electrons. The average Bonchev–Trinajstić information content (AvgIpc) is 3.37. The van der Waals surface area contributed by atoms with Crippen LogP contribution in [0.15, 0.2) is 42.5 Å². The van der Waals surface area contributed by atoms with Crippen molar-refractivity contribution < 1.29 is 14.3 Å². The fraction of sp³-hybridized carbons (Fsp3) is 0.458. The first-order valence-corrected chi connectivity index (χ1v) is 10.5. The molecule has 2 aromatic rings. The number of rotatable bonds is 6. The Hall–Kier alpha value is -2.53. The van der Waals surface area contributed by atoms with Crippen LogP contribution in [0.2, 0.25) is 0 Å². The fourth-order valence-corrected chi connectivity index (χ4v) is 4.39. The van der Waals surface area contributed by atoms with Gasteiger partial charge in [-0.25, -0.2) is 0 Å². The minimum Gasteiger partial charge on any atom is -0.497 e. The molecule has 2 aromatic carbocycles. The van der Waals surface area contributed by atoms with Gasteiger partial charge in [-0.05, 0) is 56.6 Å². The van der Waals surface area contributed by atoms with Gasteiger partial charge in [0, 0.05) is 18.0 Å². The normalized spacial score (nSPS) is 22.0. The molecule has 4 rings (SSSR count). The summed E-state index contributed by atoms with van der Waals surface area (Å²) in [5.41, 5.74) is 2.95. The Morgan fingerprint density at radius 2 is 1.90 bits per heavy atom. The lowest BCUT2D eigenvalue weighted by Crippen LogP contribution is -2.36. The van der Waals surface area contributed by atoms with Crippen molar-refractivity contribution in [1.29, 1.82) is 0 Å². The van der Waals surface area contributed by atoms with Crippen molar-refractivity contribution in [2.24, 2.45) is 0 Å². The van der Waals surface area contributed by atoms with E-state index in [4.69, 9.17) is 9.47 Å². The SMILES string of the molecule is COc1ccc([C@H](CNC(=O)c2cccc3c2O[C@H](C)[C@@H]3C)N2CCCC2)cc1. The highest BCUT2D eigenvalue weighted by Crippen LogP contribution is 2.40.